The van der Waals surface area contributed by atoms with E-state index >= 15 is 0 Å². The van der Waals surface area contributed by atoms with Crippen molar-refractivity contribution in [3.8, 4) is 0 Å². The van der Waals surface area contributed by atoms with Crippen molar-refractivity contribution in [1.82, 2.24) is 3.96 Å². The molecule has 0 aliphatic rings. The van der Waals surface area contributed by atoms with Crippen molar-refractivity contribution < 1.29 is 5.11 Å². The minimum Gasteiger partial charge on any atom is -0.394 e. The van der Waals surface area contributed by atoms with Crippen LogP contribution in [0.5, 0.6) is 0 Å². The van der Waals surface area contributed by atoms with E-state index in [0.29, 0.717) is 0 Å². The Morgan fingerprint density at radius 1 is 1.50 bits per heavy atom. The zero-order valence-electron chi connectivity index (χ0n) is 7.80. The highest BCUT2D eigenvalue weighted by molar-refractivity contribution is 7.13. The van der Waals surface area contributed by atoms with Gasteiger partial charge in [-0.3, -0.25) is 8.75 Å². The van der Waals surface area contributed by atoms with E-state index in [2.05, 4.69) is 0 Å². The Hall–Kier alpha value is -1.13. The van der Waals surface area contributed by atoms with Crippen molar-refractivity contribution in [2.45, 2.75) is 13.0 Å². The van der Waals surface area contributed by atoms with Crippen LogP contribution in [0.2, 0.25) is 0 Å². The highest BCUT2D eigenvalue weighted by Crippen LogP contribution is 2.18. The predicted molar refractivity (Wildman–Crippen MR) is 57.9 cm³/mol. The molecule has 3 nitrogen and oxygen atoms in total. The summed E-state index contributed by atoms with van der Waals surface area (Å²) < 4.78 is 2.59. The van der Waals surface area contributed by atoms with Crippen LogP contribution < -0.4 is 5.56 Å². The summed E-state index contributed by atoms with van der Waals surface area (Å²) in [4.78, 5) is 11.8. The highest BCUT2D eigenvalue weighted by atomic mass is 32.1. The van der Waals surface area contributed by atoms with E-state index in [0.717, 1.165) is 10.1 Å². The van der Waals surface area contributed by atoms with Crippen molar-refractivity contribution in [3.05, 3.63) is 34.6 Å². The Balaban J connectivity index is 2.69. The third kappa shape index (κ3) is 1.36. The van der Waals surface area contributed by atoms with Crippen LogP contribution in [0.4, 0.5) is 0 Å². The van der Waals surface area contributed by atoms with Crippen molar-refractivity contribution in [2.75, 3.05) is 6.61 Å². The highest BCUT2D eigenvalue weighted by Gasteiger charge is 2.11. The molecule has 0 saturated carbocycles. The number of aromatic nitrogens is 1. The molecule has 0 spiro atoms. The smallest absolute Gasteiger partial charge is 0.268 e. The SMILES string of the molecule is C[C@@H](CO)n1sc2ccccc2c1=O. The summed E-state index contributed by atoms with van der Waals surface area (Å²) >= 11 is 1.40. The van der Waals surface area contributed by atoms with E-state index in [1.54, 1.807) is 3.96 Å². The number of aliphatic hydroxyl groups excluding tert-OH is 1. The van der Waals surface area contributed by atoms with Crippen LogP contribution in [0.15, 0.2) is 29.1 Å². The van der Waals surface area contributed by atoms with Gasteiger partial charge in [-0.2, -0.15) is 0 Å². The van der Waals surface area contributed by atoms with Gasteiger partial charge in [-0.05, 0) is 19.1 Å². The minimum atomic E-state index is -0.139. The summed E-state index contributed by atoms with van der Waals surface area (Å²) in [6.45, 7) is 1.82. The number of hydrogen-bond donors (Lipinski definition) is 1. The molecular weight excluding hydrogens is 198 g/mol. The summed E-state index contributed by atoms with van der Waals surface area (Å²) in [7, 11) is 0. The molecule has 0 aliphatic heterocycles. The zero-order chi connectivity index (χ0) is 10.1. The topological polar surface area (TPSA) is 42.2 Å². The molecule has 1 N–H and O–H groups in total. The lowest BCUT2D eigenvalue weighted by atomic mass is 10.3. The number of hydrogen-bond acceptors (Lipinski definition) is 3. The van der Waals surface area contributed by atoms with E-state index in [9.17, 15) is 4.79 Å². The Bertz CT molecular complexity index is 500. The maximum absolute atomic E-state index is 11.8. The van der Waals surface area contributed by atoms with Gasteiger partial charge in [0.25, 0.3) is 5.56 Å². The summed E-state index contributed by atoms with van der Waals surface area (Å²) in [5, 5.41) is 9.72. The van der Waals surface area contributed by atoms with Crippen molar-refractivity contribution >= 4 is 21.6 Å². The second kappa shape index (κ2) is 3.55. The van der Waals surface area contributed by atoms with E-state index < -0.39 is 0 Å². The van der Waals surface area contributed by atoms with Crippen LogP contribution in [0.25, 0.3) is 10.1 Å². The van der Waals surface area contributed by atoms with Gasteiger partial charge in [-0.25, -0.2) is 0 Å². The lowest BCUT2D eigenvalue weighted by Crippen LogP contribution is -2.19. The van der Waals surface area contributed by atoms with E-state index in [-0.39, 0.29) is 18.2 Å². The molecule has 0 amide bonds. The first-order valence-electron chi connectivity index (χ1n) is 4.45. The van der Waals surface area contributed by atoms with Crippen molar-refractivity contribution in [3.63, 3.8) is 0 Å². The molecule has 2 aromatic rings. The van der Waals surface area contributed by atoms with Crippen LogP contribution in [-0.4, -0.2) is 15.7 Å². The van der Waals surface area contributed by atoms with Gasteiger partial charge in [-0.15, -0.1) is 0 Å². The van der Waals surface area contributed by atoms with Crippen LogP contribution in [0.1, 0.15) is 13.0 Å². The average molecular weight is 209 g/mol. The second-order valence-electron chi connectivity index (χ2n) is 3.25. The summed E-state index contributed by atoms with van der Waals surface area (Å²) in [6.07, 6.45) is 0. The van der Waals surface area contributed by atoms with Crippen LogP contribution in [0, 0.1) is 0 Å². The predicted octanol–water partition coefficient (Wildman–Crippen LogP) is 1.62. The Morgan fingerprint density at radius 3 is 2.86 bits per heavy atom. The molecule has 0 fully saturated rings. The zero-order valence-corrected chi connectivity index (χ0v) is 8.62. The van der Waals surface area contributed by atoms with E-state index in [1.165, 1.54) is 11.5 Å². The second-order valence-corrected chi connectivity index (χ2v) is 4.27. The van der Waals surface area contributed by atoms with Gasteiger partial charge in [-0.1, -0.05) is 23.7 Å². The molecule has 0 unspecified atom stereocenters. The minimum absolute atomic E-state index is 0.00721. The summed E-state index contributed by atoms with van der Waals surface area (Å²) in [5.74, 6) is 0. The van der Waals surface area contributed by atoms with Gasteiger partial charge >= 0.3 is 0 Å². The molecular formula is C10H11NO2S. The van der Waals surface area contributed by atoms with Gasteiger partial charge in [0.05, 0.1) is 22.7 Å². The molecule has 0 saturated heterocycles. The fourth-order valence-electron chi connectivity index (χ4n) is 1.35. The molecule has 1 heterocycles. The lowest BCUT2D eigenvalue weighted by Gasteiger charge is -2.05. The monoisotopic (exact) mass is 209 g/mol. The first kappa shape index (κ1) is 9.43. The molecule has 0 radical (unpaired) electrons. The summed E-state index contributed by atoms with van der Waals surface area (Å²) in [6, 6.07) is 7.35. The molecule has 4 heteroatoms. The van der Waals surface area contributed by atoms with Crippen LogP contribution >= 0.6 is 11.5 Å². The Kier molecular flexibility index (Phi) is 2.39. The molecule has 1 atom stereocenters. The van der Waals surface area contributed by atoms with E-state index in [1.807, 2.05) is 31.2 Å². The normalized spacial score (nSPS) is 13.3. The molecule has 0 bridgehead atoms. The van der Waals surface area contributed by atoms with Gasteiger partial charge in [0.15, 0.2) is 0 Å². The number of aliphatic hydroxyl groups is 1. The molecule has 1 aromatic carbocycles. The Labute approximate surface area is 85.4 Å². The largest absolute Gasteiger partial charge is 0.394 e. The average Bonchev–Trinajstić information content (AvgIpc) is 2.56. The number of rotatable bonds is 2. The number of nitrogens with zero attached hydrogens (tertiary/aromatic N) is 1. The third-order valence-electron chi connectivity index (χ3n) is 2.18. The molecule has 74 valence electrons. The number of benzene rings is 1. The lowest BCUT2D eigenvalue weighted by molar-refractivity contribution is 0.243. The standard InChI is InChI=1S/C10H11NO2S/c1-7(6-12)11-10(13)8-4-2-3-5-9(8)14-11/h2-5,7,12H,6H2,1H3/t7-/m0/s1. The molecule has 2 rings (SSSR count). The first-order valence-corrected chi connectivity index (χ1v) is 5.23. The number of fused-ring (bicyclic) bond motifs is 1. The van der Waals surface area contributed by atoms with Gasteiger partial charge < -0.3 is 5.11 Å². The maximum Gasteiger partial charge on any atom is 0.268 e. The molecule has 1 aromatic heterocycles. The van der Waals surface area contributed by atoms with Crippen molar-refractivity contribution in [1.29, 1.82) is 0 Å². The van der Waals surface area contributed by atoms with Crippen LogP contribution in [-0.2, 0) is 0 Å². The quantitative estimate of drug-likeness (QED) is 0.816. The van der Waals surface area contributed by atoms with E-state index in [4.69, 9.17) is 5.11 Å². The maximum atomic E-state index is 11.8. The van der Waals surface area contributed by atoms with Gasteiger partial charge in [0.1, 0.15) is 0 Å². The summed E-state index contributed by atoms with van der Waals surface area (Å²) in [5.41, 5.74) is -0.00727. The van der Waals surface area contributed by atoms with Gasteiger partial charge in [0, 0.05) is 0 Å². The molecule has 0 aliphatic carbocycles. The fourth-order valence-corrected chi connectivity index (χ4v) is 2.39. The fraction of sp³-hybridized carbons (Fsp3) is 0.300. The molecule has 14 heavy (non-hydrogen) atoms. The van der Waals surface area contributed by atoms with Gasteiger partial charge in [0.2, 0.25) is 0 Å². The van der Waals surface area contributed by atoms with Crippen LogP contribution in [0.3, 0.4) is 0 Å². The first-order chi connectivity index (χ1) is 6.74. The third-order valence-corrected chi connectivity index (χ3v) is 3.45. The Morgan fingerprint density at radius 2 is 2.21 bits per heavy atom. The van der Waals surface area contributed by atoms with Crippen molar-refractivity contribution in [2.24, 2.45) is 0 Å².